The third kappa shape index (κ3) is 4.02. The molecular formula is C12H15BrFNO. The van der Waals surface area contributed by atoms with E-state index in [-0.39, 0.29) is 17.5 Å². The average Bonchev–Trinajstić information content (AvgIpc) is 2.22. The van der Waals surface area contributed by atoms with Gasteiger partial charge in [0.25, 0.3) is 0 Å². The van der Waals surface area contributed by atoms with Gasteiger partial charge in [-0.2, -0.15) is 0 Å². The SMILES string of the molecule is CC(CN)CC(=O)Cc1ccc(F)cc1Br. The highest BCUT2D eigenvalue weighted by Crippen LogP contribution is 2.19. The topological polar surface area (TPSA) is 43.1 Å². The van der Waals surface area contributed by atoms with Gasteiger partial charge in [0.2, 0.25) is 0 Å². The molecule has 0 spiro atoms. The molecule has 88 valence electrons. The summed E-state index contributed by atoms with van der Waals surface area (Å²) >= 11 is 3.24. The molecule has 1 aromatic rings. The van der Waals surface area contributed by atoms with E-state index in [0.29, 0.717) is 23.9 Å². The fourth-order valence-corrected chi connectivity index (χ4v) is 1.91. The number of carbonyl (C=O) groups is 1. The molecule has 0 bridgehead atoms. The summed E-state index contributed by atoms with van der Waals surface area (Å²) in [5.41, 5.74) is 6.27. The molecule has 1 unspecified atom stereocenters. The van der Waals surface area contributed by atoms with Crippen LogP contribution in [0, 0.1) is 11.7 Å². The lowest BCUT2D eigenvalue weighted by molar-refractivity contribution is -0.119. The van der Waals surface area contributed by atoms with E-state index in [1.807, 2.05) is 6.92 Å². The van der Waals surface area contributed by atoms with Crippen LogP contribution in [0.15, 0.2) is 22.7 Å². The minimum atomic E-state index is -0.307. The van der Waals surface area contributed by atoms with Crippen LogP contribution >= 0.6 is 15.9 Å². The standard InChI is InChI=1S/C12H15BrFNO/c1-8(7-15)4-11(16)5-9-2-3-10(14)6-12(9)13/h2-3,6,8H,4-5,7,15H2,1H3. The molecule has 4 heteroatoms. The Hall–Kier alpha value is -0.740. The van der Waals surface area contributed by atoms with Crippen molar-refractivity contribution in [3.8, 4) is 0 Å². The Balaban J connectivity index is 2.63. The smallest absolute Gasteiger partial charge is 0.137 e. The fourth-order valence-electron chi connectivity index (χ4n) is 1.42. The number of hydrogen-bond acceptors (Lipinski definition) is 2. The molecule has 16 heavy (non-hydrogen) atoms. The van der Waals surface area contributed by atoms with Crippen LogP contribution in [0.4, 0.5) is 4.39 Å². The summed E-state index contributed by atoms with van der Waals surface area (Å²) in [6.45, 7) is 2.45. The number of nitrogens with two attached hydrogens (primary N) is 1. The molecule has 0 aromatic heterocycles. The van der Waals surface area contributed by atoms with Crippen molar-refractivity contribution in [2.24, 2.45) is 11.7 Å². The van der Waals surface area contributed by atoms with Gasteiger partial charge in [0, 0.05) is 17.3 Å². The predicted octanol–water partition coefficient (Wildman–Crippen LogP) is 2.68. The number of rotatable bonds is 5. The molecule has 0 aliphatic carbocycles. The Morgan fingerprint density at radius 2 is 2.25 bits per heavy atom. The molecule has 0 saturated carbocycles. The van der Waals surface area contributed by atoms with Crippen LogP contribution in [0.2, 0.25) is 0 Å². The monoisotopic (exact) mass is 287 g/mol. The summed E-state index contributed by atoms with van der Waals surface area (Å²) in [6.07, 6.45) is 0.797. The van der Waals surface area contributed by atoms with E-state index in [9.17, 15) is 9.18 Å². The molecule has 1 rings (SSSR count). The Bertz CT molecular complexity index is 381. The second kappa shape index (κ2) is 6.11. The maximum absolute atomic E-state index is 12.8. The molecule has 0 radical (unpaired) electrons. The summed E-state index contributed by atoms with van der Waals surface area (Å²) in [4.78, 5) is 11.6. The molecule has 0 aliphatic rings. The van der Waals surface area contributed by atoms with Crippen LogP contribution in [0.5, 0.6) is 0 Å². The first kappa shape index (κ1) is 13.3. The van der Waals surface area contributed by atoms with Crippen molar-refractivity contribution in [1.29, 1.82) is 0 Å². The maximum Gasteiger partial charge on any atom is 0.137 e. The normalized spacial score (nSPS) is 12.5. The highest BCUT2D eigenvalue weighted by atomic mass is 79.9. The molecule has 2 N–H and O–H groups in total. The van der Waals surface area contributed by atoms with Crippen molar-refractivity contribution >= 4 is 21.7 Å². The summed E-state index contributed by atoms with van der Waals surface area (Å²) < 4.78 is 13.5. The quantitative estimate of drug-likeness (QED) is 0.905. The van der Waals surface area contributed by atoms with Crippen LogP contribution in [0.1, 0.15) is 18.9 Å². The van der Waals surface area contributed by atoms with E-state index in [1.165, 1.54) is 12.1 Å². The van der Waals surface area contributed by atoms with Crippen LogP contribution in [0.3, 0.4) is 0 Å². The minimum Gasteiger partial charge on any atom is -0.330 e. The largest absolute Gasteiger partial charge is 0.330 e. The van der Waals surface area contributed by atoms with Gasteiger partial charge in [-0.05, 0) is 30.2 Å². The van der Waals surface area contributed by atoms with Gasteiger partial charge in [-0.1, -0.05) is 28.9 Å². The van der Waals surface area contributed by atoms with Crippen molar-refractivity contribution in [3.05, 3.63) is 34.1 Å². The second-order valence-electron chi connectivity index (χ2n) is 4.00. The number of halogens is 2. The Morgan fingerprint density at radius 3 is 2.81 bits per heavy atom. The zero-order valence-electron chi connectivity index (χ0n) is 9.17. The molecule has 0 saturated heterocycles. The Morgan fingerprint density at radius 1 is 1.56 bits per heavy atom. The summed E-state index contributed by atoms with van der Waals surface area (Å²) in [6, 6.07) is 4.36. The van der Waals surface area contributed by atoms with Gasteiger partial charge in [0.15, 0.2) is 0 Å². The molecule has 0 aliphatic heterocycles. The van der Waals surface area contributed by atoms with Gasteiger partial charge >= 0.3 is 0 Å². The van der Waals surface area contributed by atoms with Gasteiger partial charge in [0.05, 0.1) is 0 Å². The van der Waals surface area contributed by atoms with E-state index in [0.717, 1.165) is 5.56 Å². The zero-order chi connectivity index (χ0) is 12.1. The van der Waals surface area contributed by atoms with Crippen LogP contribution in [-0.2, 0) is 11.2 Å². The Kier molecular flexibility index (Phi) is 5.09. The van der Waals surface area contributed by atoms with Crippen molar-refractivity contribution in [2.45, 2.75) is 19.8 Å². The maximum atomic E-state index is 12.8. The van der Waals surface area contributed by atoms with Crippen molar-refractivity contribution in [1.82, 2.24) is 0 Å². The van der Waals surface area contributed by atoms with Gasteiger partial charge in [0.1, 0.15) is 11.6 Å². The van der Waals surface area contributed by atoms with Gasteiger partial charge in [-0.15, -0.1) is 0 Å². The molecule has 0 amide bonds. The van der Waals surface area contributed by atoms with Crippen molar-refractivity contribution in [2.75, 3.05) is 6.54 Å². The van der Waals surface area contributed by atoms with E-state index in [2.05, 4.69) is 15.9 Å². The van der Waals surface area contributed by atoms with Crippen molar-refractivity contribution in [3.63, 3.8) is 0 Å². The van der Waals surface area contributed by atoms with Crippen LogP contribution in [-0.4, -0.2) is 12.3 Å². The first-order valence-corrected chi connectivity index (χ1v) is 5.98. The zero-order valence-corrected chi connectivity index (χ0v) is 10.8. The lowest BCUT2D eigenvalue weighted by Gasteiger charge is -2.08. The number of benzene rings is 1. The van der Waals surface area contributed by atoms with E-state index in [4.69, 9.17) is 5.73 Å². The van der Waals surface area contributed by atoms with E-state index < -0.39 is 0 Å². The molecular weight excluding hydrogens is 273 g/mol. The summed E-state index contributed by atoms with van der Waals surface area (Å²) in [7, 11) is 0. The first-order chi connectivity index (χ1) is 7.52. The van der Waals surface area contributed by atoms with Gasteiger partial charge in [-0.25, -0.2) is 4.39 Å². The summed E-state index contributed by atoms with van der Waals surface area (Å²) in [5.74, 6) is 0.0235. The van der Waals surface area contributed by atoms with Gasteiger partial charge < -0.3 is 5.73 Å². The van der Waals surface area contributed by atoms with Crippen molar-refractivity contribution < 1.29 is 9.18 Å². The molecule has 0 heterocycles. The second-order valence-corrected chi connectivity index (χ2v) is 4.85. The molecule has 1 aromatic carbocycles. The minimum absolute atomic E-state index is 0.130. The molecule has 0 fully saturated rings. The average molecular weight is 288 g/mol. The lowest BCUT2D eigenvalue weighted by atomic mass is 10.00. The predicted molar refractivity (Wildman–Crippen MR) is 65.6 cm³/mol. The highest BCUT2D eigenvalue weighted by molar-refractivity contribution is 9.10. The molecule has 2 nitrogen and oxygen atoms in total. The molecule has 1 atom stereocenters. The number of Topliss-reactive ketones (excluding diaryl/α,β-unsaturated/α-hetero) is 1. The number of hydrogen-bond donors (Lipinski definition) is 1. The number of carbonyl (C=O) groups excluding carboxylic acids is 1. The van der Waals surface area contributed by atoms with Crippen LogP contribution in [0.25, 0.3) is 0 Å². The highest BCUT2D eigenvalue weighted by Gasteiger charge is 2.10. The number of ketones is 1. The first-order valence-electron chi connectivity index (χ1n) is 5.18. The lowest BCUT2D eigenvalue weighted by Crippen LogP contribution is -2.16. The third-order valence-corrected chi connectivity index (χ3v) is 3.12. The third-order valence-electron chi connectivity index (χ3n) is 2.38. The van der Waals surface area contributed by atoms with Gasteiger partial charge in [-0.3, -0.25) is 4.79 Å². The van der Waals surface area contributed by atoms with Crippen LogP contribution < -0.4 is 5.73 Å². The summed E-state index contributed by atoms with van der Waals surface area (Å²) in [5, 5.41) is 0. The van der Waals surface area contributed by atoms with E-state index in [1.54, 1.807) is 6.07 Å². The fraction of sp³-hybridized carbons (Fsp3) is 0.417. The van der Waals surface area contributed by atoms with E-state index >= 15 is 0 Å². The Labute approximate surface area is 103 Å².